The molecule has 2 fully saturated rings. The third-order valence-corrected chi connectivity index (χ3v) is 4.76. The highest BCUT2D eigenvalue weighted by molar-refractivity contribution is 5.92. The third-order valence-electron chi connectivity index (χ3n) is 4.76. The quantitative estimate of drug-likeness (QED) is 0.845. The van der Waals surface area contributed by atoms with Gasteiger partial charge in [0.1, 0.15) is 18.0 Å². The van der Waals surface area contributed by atoms with Crippen molar-refractivity contribution in [2.75, 3.05) is 13.2 Å². The average molecular weight is 343 g/mol. The smallest absolute Gasteiger partial charge is 0.276 e. The molecule has 0 N–H and O–H groups in total. The Balaban J connectivity index is 1.48. The van der Waals surface area contributed by atoms with Crippen molar-refractivity contribution in [2.45, 2.75) is 44.6 Å². The maximum Gasteiger partial charge on any atom is 0.276 e. The van der Waals surface area contributed by atoms with Crippen LogP contribution in [0.1, 0.15) is 34.8 Å². The highest BCUT2D eigenvalue weighted by Crippen LogP contribution is 2.32. The second kappa shape index (κ2) is 6.93. The number of pyridine rings is 1. The summed E-state index contributed by atoms with van der Waals surface area (Å²) in [5, 5.41) is 3.86. The molecule has 0 radical (unpaired) electrons. The zero-order valence-corrected chi connectivity index (χ0v) is 14.1. The number of aromatic nitrogens is 2. The van der Waals surface area contributed by atoms with Gasteiger partial charge in [0, 0.05) is 18.9 Å². The molecule has 2 aliphatic rings. The predicted molar refractivity (Wildman–Crippen MR) is 87.9 cm³/mol. The lowest BCUT2D eigenvalue weighted by molar-refractivity contribution is -0.0814. The van der Waals surface area contributed by atoms with Crippen molar-refractivity contribution in [3.05, 3.63) is 47.6 Å². The molecule has 3 atom stereocenters. The topological polar surface area (TPSA) is 77.7 Å². The average Bonchev–Trinajstić information content (AvgIpc) is 3.24. The van der Waals surface area contributed by atoms with E-state index in [9.17, 15) is 4.79 Å². The standard InChI is InChI=1S/C18H21N3O4/c1-12-9-14(20-25-12)18(22)21-10-16(17-15(21)6-4-8-23-17)24-11-13-5-2-3-7-19-13/h2-3,5,7,9,15-17H,4,6,8,10-11H2,1H3/t15-,16+,17+/m0/s1. The first kappa shape index (κ1) is 16.2. The van der Waals surface area contributed by atoms with E-state index in [1.807, 2.05) is 23.1 Å². The summed E-state index contributed by atoms with van der Waals surface area (Å²) < 4.78 is 17.0. The fourth-order valence-electron chi connectivity index (χ4n) is 3.58. The molecule has 0 bridgehead atoms. The summed E-state index contributed by atoms with van der Waals surface area (Å²) in [5.74, 6) is 0.503. The minimum absolute atomic E-state index is 0.0204. The van der Waals surface area contributed by atoms with E-state index in [2.05, 4.69) is 10.1 Å². The molecule has 4 heterocycles. The molecule has 1 amide bonds. The summed E-state index contributed by atoms with van der Waals surface area (Å²) in [7, 11) is 0. The molecule has 7 heteroatoms. The Labute approximate surface area is 145 Å². The molecule has 0 unspecified atom stereocenters. The lowest BCUT2D eigenvalue weighted by atomic mass is 10.0. The second-order valence-electron chi connectivity index (χ2n) is 6.50. The molecule has 2 aromatic rings. The number of aryl methyl sites for hydroxylation is 1. The van der Waals surface area contributed by atoms with E-state index in [1.54, 1.807) is 19.2 Å². The Morgan fingerprint density at radius 3 is 3.12 bits per heavy atom. The summed E-state index contributed by atoms with van der Waals surface area (Å²) in [5.41, 5.74) is 1.21. The summed E-state index contributed by atoms with van der Waals surface area (Å²) in [4.78, 5) is 18.9. The minimum atomic E-state index is -0.163. The number of hydrogen-bond donors (Lipinski definition) is 0. The Hall–Kier alpha value is -2.25. The Morgan fingerprint density at radius 2 is 2.36 bits per heavy atom. The van der Waals surface area contributed by atoms with E-state index in [0.717, 1.165) is 18.5 Å². The van der Waals surface area contributed by atoms with Crippen LogP contribution in [-0.4, -0.2) is 52.3 Å². The van der Waals surface area contributed by atoms with E-state index in [4.69, 9.17) is 14.0 Å². The van der Waals surface area contributed by atoms with Crippen LogP contribution in [-0.2, 0) is 16.1 Å². The van der Waals surface area contributed by atoms with Crippen LogP contribution in [0.2, 0.25) is 0 Å². The lowest BCUT2D eigenvalue weighted by Crippen LogP contribution is -2.44. The van der Waals surface area contributed by atoms with Crippen molar-refractivity contribution < 1.29 is 18.8 Å². The monoisotopic (exact) mass is 343 g/mol. The van der Waals surface area contributed by atoms with Crippen LogP contribution in [0, 0.1) is 6.92 Å². The number of rotatable bonds is 4. The van der Waals surface area contributed by atoms with Crippen LogP contribution in [0.4, 0.5) is 0 Å². The van der Waals surface area contributed by atoms with Gasteiger partial charge in [0.05, 0.1) is 24.9 Å². The van der Waals surface area contributed by atoms with Gasteiger partial charge in [-0.3, -0.25) is 9.78 Å². The second-order valence-corrected chi connectivity index (χ2v) is 6.50. The number of amides is 1. The number of carbonyl (C=O) groups excluding carboxylic acids is 1. The Bertz CT molecular complexity index is 733. The summed E-state index contributed by atoms with van der Waals surface area (Å²) in [6.07, 6.45) is 3.33. The maximum absolute atomic E-state index is 12.8. The van der Waals surface area contributed by atoms with E-state index < -0.39 is 0 Å². The third kappa shape index (κ3) is 3.29. The van der Waals surface area contributed by atoms with Crippen molar-refractivity contribution in [3.8, 4) is 0 Å². The van der Waals surface area contributed by atoms with Gasteiger partial charge in [0.25, 0.3) is 5.91 Å². The predicted octanol–water partition coefficient (Wildman–Crippen LogP) is 1.97. The van der Waals surface area contributed by atoms with E-state index in [0.29, 0.717) is 31.2 Å². The van der Waals surface area contributed by atoms with Gasteiger partial charge in [-0.2, -0.15) is 0 Å². The van der Waals surface area contributed by atoms with Crippen LogP contribution >= 0.6 is 0 Å². The van der Waals surface area contributed by atoms with Gasteiger partial charge in [0.15, 0.2) is 5.69 Å². The zero-order valence-electron chi connectivity index (χ0n) is 14.1. The number of likely N-dealkylation sites (tertiary alicyclic amines) is 1. The van der Waals surface area contributed by atoms with Crippen LogP contribution < -0.4 is 0 Å². The van der Waals surface area contributed by atoms with Gasteiger partial charge in [-0.15, -0.1) is 0 Å². The normalized spacial score (nSPS) is 25.8. The molecule has 0 saturated carbocycles. The number of fused-ring (bicyclic) bond motifs is 1. The van der Waals surface area contributed by atoms with Crippen molar-refractivity contribution >= 4 is 5.91 Å². The van der Waals surface area contributed by atoms with Crippen LogP contribution in [0.5, 0.6) is 0 Å². The first-order valence-electron chi connectivity index (χ1n) is 8.60. The summed E-state index contributed by atoms with van der Waals surface area (Å²) in [6, 6.07) is 7.42. The number of carbonyl (C=O) groups is 1. The highest BCUT2D eigenvalue weighted by atomic mass is 16.5. The van der Waals surface area contributed by atoms with E-state index >= 15 is 0 Å². The first-order valence-corrected chi connectivity index (χ1v) is 8.60. The van der Waals surface area contributed by atoms with E-state index in [-0.39, 0.29) is 24.2 Å². The maximum atomic E-state index is 12.8. The first-order chi connectivity index (χ1) is 12.2. The molecule has 7 nitrogen and oxygen atoms in total. The van der Waals surface area contributed by atoms with Gasteiger partial charge in [-0.1, -0.05) is 11.2 Å². The lowest BCUT2D eigenvalue weighted by Gasteiger charge is -2.31. The van der Waals surface area contributed by atoms with Crippen molar-refractivity contribution in [1.82, 2.24) is 15.0 Å². The molecule has 0 aromatic carbocycles. The number of ether oxygens (including phenoxy) is 2. The molecule has 2 aliphatic heterocycles. The van der Waals surface area contributed by atoms with Gasteiger partial charge >= 0.3 is 0 Å². The Morgan fingerprint density at radius 1 is 1.44 bits per heavy atom. The van der Waals surface area contributed by atoms with Gasteiger partial charge in [-0.25, -0.2) is 0 Å². The van der Waals surface area contributed by atoms with Gasteiger partial charge in [-0.05, 0) is 31.9 Å². The zero-order chi connectivity index (χ0) is 17.2. The van der Waals surface area contributed by atoms with Gasteiger partial charge < -0.3 is 18.9 Å². The molecular weight excluding hydrogens is 322 g/mol. The number of hydrogen-bond acceptors (Lipinski definition) is 6. The fourth-order valence-corrected chi connectivity index (χ4v) is 3.58. The molecule has 0 aliphatic carbocycles. The fraction of sp³-hybridized carbons (Fsp3) is 0.500. The molecule has 2 aromatic heterocycles. The minimum Gasteiger partial charge on any atom is -0.373 e. The molecular formula is C18H21N3O4. The van der Waals surface area contributed by atoms with Gasteiger partial charge in [0.2, 0.25) is 0 Å². The molecule has 25 heavy (non-hydrogen) atoms. The van der Waals surface area contributed by atoms with Crippen molar-refractivity contribution in [1.29, 1.82) is 0 Å². The Kier molecular flexibility index (Phi) is 4.50. The largest absolute Gasteiger partial charge is 0.373 e. The molecule has 132 valence electrons. The SMILES string of the molecule is Cc1cc(C(=O)N2C[C@@H](OCc3ccccn3)[C@@H]3OCCC[C@@H]32)no1. The van der Waals surface area contributed by atoms with Crippen molar-refractivity contribution in [3.63, 3.8) is 0 Å². The van der Waals surface area contributed by atoms with Crippen LogP contribution in [0.3, 0.4) is 0 Å². The molecule has 2 saturated heterocycles. The molecule has 0 spiro atoms. The van der Waals surface area contributed by atoms with E-state index in [1.165, 1.54) is 0 Å². The summed E-state index contributed by atoms with van der Waals surface area (Å²) in [6.45, 7) is 3.38. The summed E-state index contributed by atoms with van der Waals surface area (Å²) >= 11 is 0. The number of nitrogens with zero attached hydrogens (tertiary/aromatic N) is 3. The highest BCUT2D eigenvalue weighted by Gasteiger charge is 2.47. The van der Waals surface area contributed by atoms with Crippen LogP contribution in [0.25, 0.3) is 0 Å². The van der Waals surface area contributed by atoms with Crippen LogP contribution in [0.15, 0.2) is 35.0 Å². The van der Waals surface area contributed by atoms with Crippen molar-refractivity contribution in [2.24, 2.45) is 0 Å². The molecule has 4 rings (SSSR count).